The fraction of sp³-hybridized carbons (Fsp3) is 0.647. The van der Waals surface area contributed by atoms with Gasteiger partial charge in [-0.25, -0.2) is 0 Å². The molecule has 1 aromatic rings. The highest BCUT2D eigenvalue weighted by Crippen LogP contribution is 2.22. The molecule has 0 bridgehead atoms. The Kier molecular flexibility index (Phi) is 7.89. The smallest absolute Gasteiger partial charge is 0.0656 e. The Morgan fingerprint density at radius 3 is 2.24 bits per heavy atom. The van der Waals surface area contributed by atoms with Crippen molar-refractivity contribution >= 4 is 0 Å². The van der Waals surface area contributed by atoms with Crippen LogP contribution in [0.4, 0.5) is 0 Å². The van der Waals surface area contributed by atoms with E-state index in [4.69, 9.17) is 5.73 Å². The molecule has 1 unspecified atom stereocenters. The normalized spacial score (nSPS) is 14.6. The molecular weight excluding hydrogens is 262 g/mol. The molecule has 4 heteroatoms. The molecule has 0 amide bonds. The minimum absolute atomic E-state index is 0.0232. The molecule has 0 aliphatic carbocycles. The van der Waals surface area contributed by atoms with Crippen molar-refractivity contribution in [1.82, 2.24) is 9.80 Å². The van der Waals surface area contributed by atoms with Crippen LogP contribution in [0.25, 0.3) is 0 Å². The molecule has 3 N–H and O–H groups in total. The predicted molar refractivity (Wildman–Crippen MR) is 89.3 cm³/mol. The van der Waals surface area contributed by atoms with E-state index < -0.39 is 5.54 Å². The van der Waals surface area contributed by atoms with Crippen LogP contribution in [0.15, 0.2) is 30.3 Å². The van der Waals surface area contributed by atoms with Gasteiger partial charge in [-0.05, 0) is 39.0 Å². The average molecular weight is 293 g/mol. The first-order chi connectivity index (χ1) is 10.0. The Bertz CT molecular complexity index is 383. The topological polar surface area (TPSA) is 52.7 Å². The number of benzene rings is 1. The zero-order valence-electron chi connectivity index (χ0n) is 13.8. The third-order valence-corrected chi connectivity index (χ3v) is 3.91. The summed E-state index contributed by atoms with van der Waals surface area (Å²) < 4.78 is 0. The van der Waals surface area contributed by atoms with Crippen LogP contribution >= 0.6 is 0 Å². The van der Waals surface area contributed by atoms with E-state index in [-0.39, 0.29) is 6.61 Å². The summed E-state index contributed by atoms with van der Waals surface area (Å²) in [6.07, 6.45) is 1.90. The average Bonchev–Trinajstić information content (AvgIpc) is 2.50. The Morgan fingerprint density at radius 2 is 1.71 bits per heavy atom. The summed E-state index contributed by atoms with van der Waals surface area (Å²) >= 11 is 0. The van der Waals surface area contributed by atoms with Crippen molar-refractivity contribution in [3.8, 4) is 0 Å². The fourth-order valence-electron chi connectivity index (χ4n) is 2.44. The van der Waals surface area contributed by atoms with Crippen molar-refractivity contribution in [3.05, 3.63) is 35.9 Å². The lowest BCUT2D eigenvalue weighted by atomic mass is 9.88. The Hall–Kier alpha value is -0.940. The monoisotopic (exact) mass is 293 g/mol. The van der Waals surface area contributed by atoms with Crippen LogP contribution in [0.3, 0.4) is 0 Å². The van der Waals surface area contributed by atoms with E-state index >= 15 is 0 Å². The van der Waals surface area contributed by atoms with Crippen LogP contribution < -0.4 is 5.73 Å². The quantitative estimate of drug-likeness (QED) is 0.686. The fourth-order valence-corrected chi connectivity index (χ4v) is 2.44. The molecule has 0 aromatic heterocycles. The Balaban J connectivity index is 2.62. The molecule has 0 aliphatic rings. The lowest BCUT2D eigenvalue weighted by Crippen LogP contribution is -2.44. The second-order valence-corrected chi connectivity index (χ2v) is 6.08. The van der Waals surface area contributed by atoms with Crippen LogP contribution in [0.1, 0.15) is 25.3 Å². The van der Waals surface area contributed by atoms with Crippen LogP contribution in [0, 0.1) is 0 Å². The van der Waals surface area contributed by atoms with Gasteiger partial charge in [0.1, 0.15) is 0 Å². The highest BCUT2D eigenvalue weighted by atomic mass is 16.3. The zero-order chi connectivity index (χ0) is 15.7. The molecular formula is C17H31N3O. The van der Waals surface area contributed by atoms with E-state index in [1.807, 2.05) is 30.3 Å². The number of nitrogens with zero attached hydrogens (tertiary/aromatic N) is 2. The SMILES string of the molecule is CCCN(CCN(C)C)CCC(N)(CO)c1ccccc1. The summed E-state index contributed by atoms with van der Waals surface area (Å²) in [5.41, 5.74) is 6.80. The van der Waals surface area contributed by atoms with Crippen LogP contribution in [0.5, 0.6) is 0 Å². The molecule has 4 nitrogen and oxygen atoms in total. The van der Waals surface area contributed by atoms with Gasteiger partial charge in [0.15, 0.2) is 0 Å². The highest BCUT2D eigenvalue weighted by molar-refractivity contribution is 5.24. The summed E-state index contributed by atoms with van der Waals surface area (Å²) in [7, 11) is 4.18. The number of nitrogens with two attached hydrogens (primary N) is 1. The van der Waals surface area contributed by atoms with Crippen LogP contribution in [0.2, 0.25) is 0 Å². The van der Waals surface area contributed by atoms with Gasteiger partial charge >= 0.3 is 0 Å². The van der Waals surface area contributed by atoms with Crippen LogP contribution in [-0.2, 0) is 5.54 Å². The minimum Gasteiger partial charge on any atom is -0.394 e. The second kappa shape index (κ2) is 9.15. The largest absolute Gasteiger partial charge is 0.394 e. The number of aliphatic hydroxyl groups excluding tert-OH is 1. The number of hydrogen-bond acceptors (Lipinski definition) is 4. The summed E-state index contributed by atoms with van der Waals surface area (Å²) in [4.78, 5) is 4.63. The highest BCUT2D eigenvalue weighted by Gasteiger charge is 2.26. The standard InChI is InChI=1S/C17H31N3O/c1-4-11-20(14-13-19(2)3)12-10-17(18,15-21)16-8-6-5-7-9-16/h5-9,21H,4,10-15,18H2,1-3H3. The van der Waals surface area contributed by atoms with Gasteiger partial charge in [-0.2, -0.15) is 0 Å². The van der Waals surface area contributed by atoms with Crippen molar-refractivity contribution < 1.29 is 5.11 Å². The first-order valence-electron chi connectivity index (χ1n) is 7.84. The van der Waals surface area contributed by atoms with Gasteiger partial charge in [-0.3, -0.25) is 0 Å². The summed E-state index contributed by atoms with van der Waals surface area (Å²) in [5, 5.41) is 9.75. The minimum atomic E-state index is -0.647. The number of likely N-dealkylation sites (N-methyl/N-ethyl adjacent to an activating group) is 1. The molecule has 0 spiro atoms. The lowest BCUT2D eigenvalue weighted by Gasteiger charge is -2.32. The third-order valence-electron chi connectivity index (χ3n) is 3.91. The maximum atomic E-state index is 9.75. The van der Waals surface area contributed by atoms with Crippen LogP contribution in [-0.4, -0.2) is 61.8 Å². The van der Waals surface area contributed by atoms with E-state index in [1.165, 1.54) is 0 Å². The molecule has 1 aromatic carbocycles. The molecule has 21 heavy (non-hydrogen) atoms. The first-order valence-corrected chi connectivity index (χ1v) is 7.84. The number of rotatable bonds is 10. The molecule has 0 heterocycles. The molecule has 0 fully saturated rings. The number of aliphatic hydroxyl groups is 1. The van der Waals surface area contributed by atoms with E-state index in [0.29, 0.717) is 0 Å². The second-order valence-electron chi connectivity index (χ2n) is 6.08. The van der Waals surface area contributed by atoms with Gasteiger partial charge < -0.3 is 20.6 Å². The Morgan fingerprint density at radius 1 is 1.05 bits per heavy atom. The zero-order valence-corrected chi connectivity index (χ0v) is 13.8. The van der Waals surface area contributed by atoms with Gasteiger partial charge in [0.2, 0.25) is 0 Å². The van der Waals surface area contributed by atoms with Crippen molar-refractivity contribution in [2.45, 2.75) is 25.3 Å². The predicted octanol–water partition coefficient (Wildman–Crippen LogP) is 1.50. The van der Waals surface area contributed by atoms with Crippen molar-refractivity contribution in [1.29, 1.82) is 0 Å². The molecule has 1 rings (SSSR count). The van der Waals surface area contributed by atoms with Crippen molar-refractivity contribution in [2.75, 3.05) is 46.9 Å². The van der Waals surface area contributed by atoms with Gasteiger partial charge in [-0.15, -0.1) is 0 Å². The van der Waals surface area contributed by atoms with Crippen molar-refractivity contribution in [3.63, 3.8) is 0 Å². The lowest BCUT2D eigenvalue weighted by molar-refractivity contribution is 0.158. The van der Waals surface area contributed by atoms with Gasteiger partial charge in [0.25, 0.3) is 0 Å². The molecule has 0 radical (unpaired) electrons. The van der Waals surface area contributed by atoms with E-state index in [9.17, 15) is 5.11 Å². The molecule has 120 valence electrons. The first kappa shape index (κ1) is 18.1. The Labute approximate surface area is 129 Å². The van der Waals surface area contributed by atoms with Crippen molar-refractivity contribution in [2.24, 2.45) is 5.73 Å². The van der Waals surface area contributed by atoms with E-state index in [2.05, 4.69) is 30.8 Å². The number of hydrogen-bond donors (Lipinski definition) is 2. The van der Waals surface area contributed by atoms with E-state index in [1.54, 1.807) is 0 Å². The third kappa shape index (κ3) is 6.14. The molecule has 0 saturated heterocycles. The summed E-state index contributed by atoms with van der Waals surface area (Å²) in [5.74, 6) is 0. The maximum absolute atomic E-state index is 9.75. The molecule has 1 atom stereocenters. The maximum Gasteiger partial charge on any atom is 0.0656 e. The summed E-state index contributed by atoms with van der Waals surface area (Å²) in [6, 6.07) is 9.92. The van der Waals surface area contributed by atoms with Gasteiger partial charge in [0, 0.05) is 19.6 Å². The molecule has 0 aliphatic heterocycles. The van der Waals surface area contributed by atoms with E-state index in [0.717, 1.165) is 44.6 Å². The summed E-state index contributed by atoms with van der Waals surface area (Å²) in [6.45, 7) is 6.24. The molecule has 0 saturated carbocycles. The van der Waals surface area contributed by atoms with Gasteiger partial charge in [-0.1, -0.05) is 37.3 Å². The van der Waals surface area contributed by atoms with Gasteiger partial charge in [0.05, 0.1) is 12.1 Å².